The molecule has 0 unspecified atom stereocenters. The number of rotatable bonds is 5. The van der Waals surface area contributed by atoms with Crippen LogP contribution >= 0.6 is 11.8 Å². The van der Waals surface area contributed by atoms with Crippen LogP contribution in [0.2, 0.25) is 0 Å². The molecule has 1 heterocycles. The third-order valence-corrected chi connectivity index (χ3v) is 3.45. The van der Waals surface area contributed by atoms with Crippen LogP contribution in [0.4, 0.5) is 10.1 Å². The molecule has 6 heteroatoms. The van der Waals surface area contributed by atoms with Gasteiger partial charge in [-0.2, -0.15) is 16.7 Å². The first-order chi connectivity index (χ1) is 8.70. The maximum Gasteiger partial charge on any atom is 0.260 e. The monoisotopic (exact) mass is 267 g/mol. The predicted molar refractivity (Wildman–Crippen MR) is 70.6 cm³/mol. The summed E-state index contributed by atoms with van der Waals surface area (Å²) in [7, 11) is 0. The average Bonchev–Trinajstić information content (AvgIpc) is 2.78. The molecule has 96 valence electrons. The van der Waals surface area contributed by atoms with Crippen molar-refractivity contribution in [2.24, 2.45) is 0 Å². The SMILES string of the molecule is CCCSCc1noc(-c2ccc(F)cc2N)n1. The van der Waals surface area contributed by atoms with Crippen LogP contribution in [0.1, 0.15) is 19.2 Å². The van der Waals surface area contributed by atoms with Gasteiger partial charge >= 0.3 is 0 Å². The Hall–Kier alpha value is -1.56. The highest BCUT2D eigenvalue weighted by Crippen LogP contribution is 2.25. The van der Waals surface area contributed by atoms with Gasteiger partial charge in [0.1, 0.15) is 5.82 Å². The number of hydrogen-bond donors (Lipinski definition) is 1. The molecule has 0 amide bonds. The van der Waals surface area contributed by atoms with Crippen molar-refractivity contribution in [1.29, 1.82) is 0 Å². The fourth-order valence-electron chi connectivity index (χ4n) is 1.46. The standard InChI is InChI=1S/C12H14FN3OS/c1-2-5-18-7-11-15-12(17-16-11)9-4-3-8(13)6-10(9)14/h3-4,6H,2,5,7,14H2,1H3. The maximum absolute atomic E-state index is 12.9. The number of halogens is 1. The second-order valence-corrected chi connectivity index (χ2v) is 4.91. The summed E-state index contributed by atoms with van der Waals surface area (Å²) >= 11 is 1.75. The number of anilines is 1. The first kappa shape index (κ1) is 12.9. The van der Waals surface area contributed by atoms with Crippen LogP contribution in [-0.2, 0) is 5.75 Å². The molecule has 0 aliphatic heterocycles. The highest BCUT2D eigenvalue weighted by molar-refractivity contribution is 7.98. The van der Waals surface area contributed by atoms with Gasteiger partial charge in [-0.1, -0.05) is 12.1 Å². The Kier molecular flexibility index (Phi) is 4.19. The lowest BCUT2D eigenvalue weighted by Gasteiger charge is -1.99. The van der Waals surface area contributed by atoms with E-state index in [0.717, 1.165) is 12.2 Å². The zero-order chi connectivity index (χ0) is 13.0. The second-order valence-electron chi connectivity index (χ2n) is 3.80. The number of benzene rings is 1. The number of nitrogens with two attached hydrogens (primary N) is 1. The van der Waals surface area contributed by atoms with E-state index in [1.807, 2.05) is 0 Å². The van der Waals surface area contributed by atoms with Crippen molar-refractivity contribution in [2.45, 2.75) is 19.1 Å². The van der Waals surface area contributed by atoms with Gasteiger partial charge < -0.3 is 10.3 Å². The summed E-state index contributed by atoms with van der Waals surface area (Å²) in [6, 6.07) is 4.10. The van der Waals surface area contributed by atoms with Crippen LogP contribution in [0, 0.1) is 5.82 Å². The van der Waals surface area contributed by atoms with Gasteiger partial charge in [0.2, 0.25) is 0 Å². The van der Waals surface area contributed by atoms with Gasteiger partial charge in [-0.05, 0) is 30.4 Å². The van der Waals surface area contributed by atoms with Gasteiger partial charge in [0.15, 0.2) is 5.82 Å². The Bertz CT molecular complexity index is 530. The fraction of sp³-hybridized carbons (Fsp3) is 0.333. The van der Waals surface area contributed by atoms with E-state index in [2.05, 4.69) is 17.1 Å². The van der Waals surface area contributed by atoms with Gasteiger partial charge in [0.25, 0.3) is 5.89 Å². The smallest absolute Gasteiger partial charge is 0.260 e. The lowest BCUT2D eigenvalue weighted by molar-refractivity contribution is 0.425. The van der Waals surface area contributed by atoms with Gasteiger partial charge in [-0.25, -0.2) is 4.39 Å². The van der Waals surface area contributed by atoms with Crippen molar-refractivity contribution in [3.63, 3.8) is 0 Å². The summed E-state index contributed by atoms with van der Waals surface area (Å²) in [6.45, 7) is 2.12. The van der Waals surface area contributed by atoms with Crippen LogP contribution < -0.4 is 5.73 Å². The van der Waals surface area contributed by atoms with Crippen LogP contribution in [0.15, 0.2) is 22.7 Å². The summed E-state index contributed by atoms with van der Waals surface area (Å²) in [5.41, 5.74) is 6.57. The number of nitrogens with zero attached hydrogens (tertiary/aromatic N) is 2. The normalized spacial score (nSPS) is 10.8. The van der Waals surface area contributed by atoms with E-state index in [9.17, 15) is 4.39 Å². The molecule has 1 aromatic carbocycles. The van der Waals surface area contributed by atoms with Crippen LogP contribution in [0.25, 0.3) is 11.5 Å². The minimum Gasteiger partial charge on any atom is -0.398 e. The van der Waals surface area contributed by atoms with Crippen molar-refractivity contribution < 1.29 is 8.91 Å². The summed E-state index contributed by atoms with van der Waals surface area (Å²) in [4.78, 5) is 4.24. The van der Waals surface area contributed by atoms with Crippen LogP contribution in [0.5, 0.6) is 0 Å². The van der Waals surface area contributed by atoms with E-state index in [0.29, 0.717) is 28.7 Å². The minimum atomic E-state index is -0.380. The van der Waals surface area contributed by atoms with E-state index in [1.165, 1.54) is 12.1 Å². The van der Waals surface area contributed by atoms with Gasteiger partial charge in [0, 0.05) is 5.69 Å². The molecule has 0 fully saturated rings. The topological polar surface area (TPSA) is 64.9 Å². The molecule has 2 aromatic rings. The lowest BCUT2D eigenvalue weighted by atomic mass is 10.2. The molecule has 0 spiro atoms. The molecule has 18 heavy (non-hydrogen) atoms. The van der Waals surface area contributed by atoms with Crippen molar-refractivity contribution in [1.82, 2.24) is 10.1 Å². The van der Waals surface area contributed by atoms with Crippen molar-refractivity contribution in [2.75, 3.05) is 11.5 Å². The molecule has 0 aliphatic carbocycles. The molecule has 0 saturated carbocycles. The summed E-state index contributed by atoms with van der Waals surface area (Å²) in [5, 5.41) is 3.87. The van der Waals surface area contributed by atoms with E-state index in [-0.39, 0.29) is 5.82 Å². The summed E-state index contributed by atoms with van der Waals surface area (Å²) < 4.78 is 18.0. The Balaban J connectivity index is 2.13. The molecule has 0 radical (unpaired) electrons. The van der Waals surface area contributed by atoms with Gasteiger partial charge in [-0.15, -0.1) is 0 Å². The van der Waals surface area contributed by atoms with E-state index >= 15 is 0 Å². The third kappa shape index (κ3) is 3.01. The third-order valence-electron chi connectivity index (χ3n) is 2.29. The van der Waals surface area contributed by atoms with E-state index in [4.69, 9.17) is 10.3 Å². The zero-order valence-corrected chi connectivity index (χ0v) is 10.8. The van der Waals surface area contributed by atoms with Crippen LogP contribution in [0.3, 0.4) is 0 Å². The molecule has 0 atom stereocenters. The molecule has 0 aliphatic rings. The number of aromatic nitrogens is 2. The predicted octanol–water partition coefficient (Wildman–Crippen LogP) is 3.10. The number of thioether (sulfide) groups is 1. The van der Waals surface area contributed by atoms with E-state index in [1.54, 1.807) is 17.8 Å². The van der Waals surface area contributed by atoms with Gasteiger partial charge in [-0.3, -0.25) is 0 Å². The minimum absolute atomic E-state index is 0.298. The maximum atomic E-state index is 12.9. The molecule has 0 saturated heterocycles. The zero-order valence-electron chi connectivity index (χ0n) is 10.0. The average molecular weight is 267 g/mol. The molecule has 2 rings (SSSR count). The number of nitrogen functional groups attached to an aromatic ring is 1. The molecular formula is C12H14FN3OS. The number of hydrogen-bond acceptors (Lipinski definition) is 5. The molecule has 2 N–H and O–H groups in total. The largest absolute Gasteiger partial charge is 0.398 e. The van der Waals surface area contributed by atoms with Crippen molar-refractivity contribution >= 4 is 17.4 Å². The summed E-state index contributed by atoms with van der Waals surface area (Å²) in [5.74, 6) is 2.35. The molecule has 1 aromatic heterocycles. The Labute approximate surface area is 109 Å². The lowest BCUT2D eigenvalue weighted by Crippen LogP contribution is -1.92. The van der Waals surface area contributed by atoms with Crippen molar-refractivity contribution in [3.05, 3.63) is 29.8 Å². The molecule has 4 nitrogen and oxygen atoms in total. The first-order valence-corrected chi connectivity index (χ1v) is 6.82. The molecular weight excluding hydrogens is 253 g/mol. The molecule has 0 bridgehead atoms. The Morgan fingerprint density at radius 2 is 2.28 bits per heavy atom. The van der Waals surface area contributed by atoms with Crippen molar-refractivity contribution in [3.8, 4) is 11.5 Å². The van der Waals surface area contributed by atoms with Crippen LogP contribution in [-0.4, -0.2) is 15.9 Å². The Morgan fingerprint density at radius 1 is 1.44 bits per heavy atom. The second kappa shape index (κ2) is 5.86. The highest BCUT2D eigenvalue weighted by Gasteiger charge is 2.12. The van der Waals surface area contributed by atoms with E-state index < -0.39 is 0 Å². The fourth-order valence-corrected chi connectivity index (χ4v) is 2.19. The Morgan fingerprint density at radius 3 is 3.00 bits per heavy atom. The summed E-state index contributed by atoms with van der Waals surface area (Å²) in [6.07, 6.45) is 1.11. The highest BCUT2D eigenvalue weighted by atomic mass is 32.2. The first-order valence-electron chi connectivity index (χ1n) is 5.66. The van der Waals surface area contributed by atoms with Gasteiger partial charge in [0.05, 0.1) is 11.3 Å². The quantitative estimate of drug-likeness (QED) is 0.666.